The number of amides is 1. The number of nitrogens with zero attached hydrogens (tertiary/aromatic N) is 2. The van der Waals surface area contributed by atoms with Crippen LogP contribution in [0.3, 0.4) is 0 Å². The Hall–Kier alpha value is -1.71. The standard InChI is InChI=1S/C18H23FN2O4.Li/c1-18(2,3)25-17(24)20-9-12-4-5-13(10-20)21(12)11-6-7-14(16(22)23)15(19)8-11;/h6-8,12-13H,4-5,9-10H2,1-3H3,(H,22,23);/q;+1/p-1. The molecule has 2 fully saturated rings. The predicted octanol–water partition coefficient (Wildman–Crippen LogP) is -1.22. The van der Waals surface area contributed by atoms with Gasteiger partial charge < -0.3 is 24.4 Å². The molecule has 0 radical (unpaired) electrons. The van der Waals surface area contributed by atoms with Crippen LogP contribution >= 0.6 is 0 Å². The van der Waals surface area contributed by atoms with Crippen molar-refractivity contribution in [3.05, 3.63) is 29.6 Å². The zero-order valence-corrected chi connectivity index (χ0v) is 15.6. The Balaban J connectivity index is 0.00000243. The van der Waals surface area contributed by atoms with Crippen molar-refractivity contribution < 1.29 is 42.7 Å². The third-order valence-electron chi connectivity index (χ3n) is 4.60. The molecule has 2 unspecified atom stereocenters. The predicted molar refractivity (Wildman–Crippen MR) is 87.8 cm³/mol. The van der Waals surface area contributed by atoms with Crippen LogP contribution in [-0.4, -0.2) is 47.7 Å². The summed E-state index contributed by atoms with van der Waals surface area (Å²) in [6.45, 7) is 6.51. The molecule has 1 aromatic rings. The molecule has 8 heteroatoms. The fourth-order valence-corrected chi connectivity index (χ4v) is 3.63. The minimum absolute atomic E-state index is 0. The van der Waals surface area contributed by atoms with Gasteiger partial charge in [0.25, 0.3) is 0 Å². The number of rotatable bonds is 2. The second-order valence-electron chi connectivity index (χ2n) is 7.63. The van der Waals surface area contributed by atoms with Crippen LogP contribution in [-0.2, 0) is 4.74 Å². The van der Waals surface area contributed by atoms with Crippen LogP contribution in [0.2, 0.25) is 0 Å². The molecule has 2 heterocycles. The van der Waals surface area contributed by atoms with Gasteiger partial charge in [0.05, 0.1) is 5.97 Å². The number of fused-ring (bicyclic) bond motifs is 2. The molecule has 2 aliphatic rings. The average Bonchev–Trinajstić information content (AvgIpc) is 2.74. The van der Waals surface area contributed by atoms with E-state index in [0.717, 1.165) is 12.8 Å². The molecular weight excluding hydrogens is 334 g/mol. The Morgan fingerprint density at radius 2 is 1.77 bits per heavy atom. The maximum absolute atomic E-state index is 14.0. The Bertz CT molecular complexity index is 693. The van der Waals surface area contributed by atoms with Crippen LogP contribution in [0.5, 0.6) is 0 Å². The normalized spacial score (nSPS) is 22.0. The molecule has 0 aromatic heterocycles. The van der Waals surface area contributed by atoms with E-state index in [1.807, 2.05) is 20.8 Å². The Morgan fingerprint density at radius 1 is 1.19 bits per heavy atom. The first-order valence-corrected chi connectivity index (χ1v) is 8.43. The van der Waals surface area contributed by atoms with E-state index in [1.165, 1.54) is 12.1 Å². The molecule has 0 aliphatic carbocycles. The van der Waals surface area contributed by atoms with E-state index in [1.54, 1.807) is 11.0 Å². The van der Waals surface area contributed by atoms with Crippen molar-refractivity contribution in [3.8, 4) is 0 Å². The summed E-state index contributed by atoms with van der Waals surface area (Å²) >= 11 is 0. The Kier molecular flexibility index (Phi) is 5.94. The topological polar surface area (TPSA) is 72.9 Å². The maximum atomic E-state index is 14.0. The molecule has 2 bridgehead atoms. The zero-order valence-electron chi connectivity index (χ0n) is 15.6. The van der Waals surface area contributed by atoms with Crippen LogP contribution in [0.4, 0.5) is 14.9 Å². The minimum atomic E-state index is -1.53. The second-order valence-corrected chi connectivity index (χ2v) is 7.63. The van der Waals surface area contributed by atoms with E-state index in [2.05, 4.69) is 4.90 Å². The van der Waals surface area contributed by atoms with Crippen LogP contribution in [0, 0.1) is 5.82 Å². The minimum Gasteiger partial charge on any atom is -0.545 e. The number of carboxylic acid groups (broad SMARTS) is 1. The molecule has 0 spiro atoms. The van der Waals surface area contributed by atoms with Crippen molar-refractivity contribution in [2.75, 3.05) is 18.0 Å². The average molecular weight is 356 g/mol. The molecule has 0 N–H and O–H groups in total. The van der Waals surface area contributed by atoms with Gasteiger partial charge in [-0.2, -0.15) is 0 Å². The van der Waals surface area contributed by atoms with Crippen molar-refractivity contribution in [1.29, 1.82) is 0 Å². The zero-order chi connectivity index (χ0) is 18.4. The Morgan fingerprint density at radius 3 is 2.23 bits per heavy atom. The van der Waals surface area contributed by atoms with Crippen molar-refractivity contribution >= 4 is 17.7 Å². The Labute approximate surface area is 164 Å². The van der Waals surface area contributed by atoms with Crippen molar-refractivity contribution in [3.63, 3.8) is 0 Å². The molecule has 2 atom stereocenters. The summed E-state index contributed by atoms with van der Waals surface area (Å²) in [5.74, 6) is -2.33. The molecule has 2 saturated heterocycles. The van der Waals surface area contributed by atoms with Gasteiger partial charge in [0, 0.05) is 36.4 Å². The maximum Gasteiger partial charge on any atom is 1.00 e. The number of hydrogen-bond donors (Lipinski definition) is 0. The summed E-state index contributed by atoms with van der Waals surface area (Å²) in [6, 6.07) is 4.21. The van der Waals surface area contributed by atoms with E-state index in [9.17, 15) is 19.1 Å². The number of anilines is 1. The van der Waals surface area contributed by atoms with Gasteiger partial charge >= 0.3 is 25.0 Å². The third kappa shape index (κ3) is 4.16. The number of carbonyl (C=O) groups excluding carboxylic acids is 2. The summed E-state index contributed by atoms with van der Waals surface area (Å²) in [4.78, 5) is 27.0. The molecule has 0 saturated carbocycles. The fourth-order valence-electron chi connectivity index (χ4n) is 3.63. The number of hydrogen-bond acceptors (Lipinski definition) is 5. The van der Waals surface area contributed by atoms with Crippen molar-refractivity contribution in [1.82, 2.24) is 4.90 Å². The van der Waals surface area contributed by atoms with Crippen molar-refractivity contribution in [2.45, 2.75) is 51.3 Å². The number of benzene rings is 1. The molecule has 26 heavy (non-hydrogen) atoms. The molecule has 1 aromatic carbocycles. The van der Waals surface area contributed by atoms with E-state index >= 15 is 0 Å². The quantitative estimate of drug-likeness (QED) is 0.622. The summed E-state index contributed by atoms with van der Waals surface area (Å²) in [7, 11) is 0. The number of ether oxygens (including phenoxy) is 1. The van der Waals surface area contributed by atoms with Gasteiger partial charge in [-0.25, -0.2) is 9.18 Å². The van der Waals surface area contributed by atoms with E-state index in [4.69, 9.17) is 4.74 Å². The number of likely N-dealkylation sites (tertiary alicyclic amines) is 1. The van der Waals surface area contributed by atoms with Crippen LogP contribution in [0.1, 0.15) is 44.0 Å². The summed E-state index contributed by atoms with van der Waals surface area (Å²) in [5, 5.41) is 10.9. The van der Waals surface area contributed by atoms with Gasteiger partial charge in [-0.3, -0.25) is 0 Å². The monoisotopic (exact) mass is 356 g/mol. The number of piperazine rings is 1. The molecule has 2 aliphatic heterocycles. The van der Waals surface area contributed by atoms with Gasteiger partial charge in [-0.15, -0.1) is 0 Å². The van der Waals surface area contributed by atoms with Crippen LogP contribution in [0.15, 0.2) is 18.2 Å². The largest absolute Gasteiger partial charge is 1.00 e. The van der Waals surface area contributed by atoms with Gasteiger partial charge in [0.1, 0.15) is 11.4 Å². The SMILES string of the molecule is CC(C)(C)OC(=O)N1CC2CCC(C1)N2c1ccc(C(=O)[O-])c(F)c1.[Li+]. The van der Waals surface area contributed by atoms with Crippen LogP contribution < -0.4 is 28.9 Å². The van der Waals surface area contributed by atoms with Gasteiger partial charge in [-0.1, -0.05) is 0 Å². The molecular formula is C18H22FLiN2O4. The number of halogens is 1. The molecule has 136 valence electrons. The van der Waals surface area contributed by atoms with Gasteiger partial charge in [0.2, 0.25) is 0 Å². The van der Waals surface area contributed by atoms with E-state index in [-0.39, 0.29) is 37.0 Å². The molecule has 1 amide bonds. The third-order valence-corrected chi connectivity index (χ3v) is 4.60. The molecule has 3 rings (SSSR count). The number of aromatic carboxylic acids is 1. The fraction of sp³-hybridized carbons (Fsp3) is 0.556. The summed E-state index contributed by atoms with van der Waals surface area (Å²) in [6.07, 6.45) is 1.46. The van der Waals surface area contributed by atoms with Gasteiger partial charge in [-0.05, 0) is 51.8 Å². The van der Waals surface area contributed by atoms with Crippen molar-refractivity contribution in [2.24, 2.45) is 0 Å². The van der Waals surface area contributed by atoms with E-state index in [0.29, 0.717) is 18.8 Å². The summed E-state index contributed by atoms with van der Waals surface area (Å²) < 4.78 is 19.4. The molecule has 6 nitrogen and oxygen atoms in total. The first kappa shape index (κ1) is 20.6. The van der Waals surface area contributed by atoms with Crippen LogP contribution in [0.25, 0.3) is 0 Å². The first-order chi connectivity index (χ1) is 11.7. The van der Waals surface area contributed by atoms with E-state index < -0.39 is 23.0 Å². The summed E-state index contributed by atoms with van der Waals surface area (Å²) in [5.41, 5.74) is -0.348. The first-order valence-electron chi connectivity index (χ1n) is 8.43. The number of carbonyl (C=O) groups is 2. The number of carboxylic acids is 1. The smallest absolute Gasteiger partial charge is 0.545 e. The second kappa shape index (κ2) is 7.49. The van der Waals surface area contributed by atoms with Gasteiger partial charge in [0.15, 0.2) is 0 Å².